The van der Waals surface area contributed by atoms with Crippen LogP contribution < -0.4 is 10.6 Å². The molecule has 2 aromatic heterocycles. The standard InChI is InChI=1S/C14H22N6O2/c1-15-14(17-9-13-18-11-19-20(13)2)16-6-4-7-21-10-12-5-3-8-22-12/h3,5,8,11H,4,6-7,9-10H2,1-2H3,(H2,15,16,17). The van der Waals surface area contributed by atoms with Gasteiger partial charge in [-0.1, -0.05) is 0 Å². The van der Waals surface area contributed by atoms with Crippen molar-refractivity contribution in [3.8, 4) is 0 Å². The molecule has 2 heterocycles. The Bertz CT molecular complexity index is 564. The first-order chi connectivity index (χ1) is 10.8. The van der Waals surface area contributed by atoms with Crippen LogP contribution in [0.15, 0.2) is 34.1 Å². The Morgan fingerprint density at radius 2 is 2.36 bits per heavy atom. The number of hydrogen-bond donors (Lipinski definition) is 2. The monoisotopic (exact) mass is 306 g/mol. The van der Waals surface area contributed by atoms with Gasteiger partial charge in [0.2, 0.25) is 0 Å². The zero-order valence-corrected chi connectivity index (χ0v) is 13.0. The van der Waals surface area contributed by atoms with Crippen molar-refractivity contribution < 1.29 is 9.15 Å². The van der Waals surface area contributed by atoms with Gasteiger partial charge in [0, 0.05) is 27.2 Å². The van der Waals surface area contributed by atoms with Gasteiger partial charge in [-0.25, -0.2) is 4.98 Å². The molecule has 0 spiro atoms. The van der Waals surface area contributed by atoms with Crippen LogP contribution in [0, 0.1) is 0 Å². The first-order valence-electron chi connectivity index (χ1n) is 7.17. The number of rotatable bonds is 8. The highest BCUT2D eigenvalue weighted by atomic mass is 16.5. The number of ether oxygens (including phenoxy) is 1. The minimum absolute atomic E-state index is 0.506. The predicted octanol–water partition coefficient (Wildman–Crippen LogP) is 0.680. The van der Waals surface area contributed by atoms with E-state index >= 15 is 0 Å². The number of nitrogens with one attached hydrogen (secondary N) is 2. The van der Waals surface area contributed by atoms with Crippen LogP contribution in [0.1, 0.15) is 18.0 Å². The van der Waals surface area contributed by atoms with Gasteiger partial charge in [0.1, 0.15) is 24.5 Å². The average molecular weight is 306 g/mol. The van der Waals surface area contributed by atoms with Crippen LogP contribution in [0.25, 0.3) is 0 Å². The van der Waals surface area contributed by atoms with Gasteiger partial charge in [-0.3, -0.25) is 9.67 Å². The van der Waals surface area contributed by atoms with Gasteiger partial charge in [0.05, 0.1) is 12.8 Å². The molecular weight excluding hydrogens is 284 g/mol. The maximum absolute atomic E-state index is 5.51. The molecule has 0 aliphatic carbocycles. The highest BCUT2D eigenvalue weighted by Crippen LogP contribution is 2.01. The average Bonchev–Trinajstić information content (AvgIpc) is 3.17. The molecule has 0 unspecified atom stereocenters. The molecule has 0 saturated carbocycles. The van der Waals surface area contributed by atoms with Crippen LogP contribution in [0.4, 0.5) is 0 Å². The molecule has 0 aromatic carbocycles. The van der Waals surface area contributed by atoms with Crippen molar-refractivity contribution in [3.63, 3.8) is 0 Å². The van der Waals surface area contributed by atoms with Gasteiger partial charge < -0.3 is 19.8 Å². The van der Waals surface area contributed by atoms with E-state index in [1.807, 2.05) is 19.2 Å². The highest BCUT2D eigenvalue weighted by molar-refractivity contribution is 5.79. The Kier molecular flexibility index (Phi) is 6.43. The fourth-order valence-electron chi connectivity index (χ4n) is 1.81. The molecule has 8 heteroatoms. The Morgan fingerprint density at radius 3 is 3.05 bits per heavy atom. The minimum atomic E-state index is 0.506. The third-order valence-corrected chi connectivity index (χ3v) is 3.03. The maximum atomic E-state index is 5.51. The molecule has 0 aliphatic heterocycles. The van der Waals surface area contributed by atoms with E-state index in [1.54, 1.807) is 18.0 Å². The molecule has 2 aromatic rings. The third kappa shape index (κ3) is 5.21. The number of guanidine groups is 1. The van der Waals surface area contributed by atoms with Crippen LogP contribution in [-0.2, 0) is 24.9 Å². The maximum Gasteiger partial charge on any atom is 0.191 e. The molecule has 22 heavy (non-hydrogen) atoms. The van der Waals surface area contributed by atoms with E-state index in [1.165, 1.54) is 6.33 Å². The zero-order chi connectivity index (χ0) is 15.6. The Hall–Kier alpha value is -2.35. The van der Waals surface area contributed by atoms with E-state index in [0.29, 0.717) is 19.8 Å². The molecule has 0 aliphatic rings. The summed E-state index contributed by atoms with van der Waals surface area (Å²) in [5.41, 5.74) is 0. The number of aliphatic imine (C=N–C) groups is 1. The predicted molar refractivity (Wildman–Crippen MR) is 82.2 cm³/mol. The second-order valence-electron chi connectivity index (χ2n) is 4.64. The topological polar surface area (TPSA) is 89.5 Å². The lowest BCUT2D eigenvalue weighted by Crippen LogP contribution is -2.38. The summed E-state index contributed by atoms with van der Waals surface area (Å²) in [6, 6.07) is 3.75. The molecule has 120 valence electrons. The summed E-state index contributed by atoms with van der Waals surface area (Å²) in [5.74, 6) is 2.42. The molecule has 8 nitrogen and oxygen atoms in total. The molecular formula is C14H22N6O2. The first-order valence-corrected chi connectivity index (χ1v) is 7.17. The van der Waals surface area contributed by atoms with E-state index in [4.69, 9.17) is 9.15 Å². The Labute approximate surface area is 129 Å². The fourth-order valence-corrected chi connectivity index (χ4v) is 1.81. The quantitative estimate of drug-likeness (QED) is 0.423. The smallest absolute Gasteiger partial charge is 0.191 e. The molecule has 0 fully saturated rings. The molecule has 2 N–H and O–H groups in total. The highest BCUT2D eigenvalue weighted by Gasteiger charge is 2.02. The van der Waals surface area contributed by atoms with E-state index in [2.05, 4.69) is 25.7 Å². The van der Waals surface area contributed by atoms with Crippen LogP contribution in [0.3, 0.4) is 0 Å². The van der Waals surface area contributed by atoms with Crippen molar-refractivity contribution in [3.05, 3.63) is 36.3 Å². The van der Waals surface area contributed by atoms with Gasteiger partial charge in [-0.2, -0.15) is 5.10 Å². The van der Waals surface area contributed by atoms with Crippen LogP contribution in [0.5, 0.6) is 0 Å². The Balaban J connectivity index is 1.55. The molecule has 0 bridgehead atoms. The third-order valence-electron chi connectivity index (χ3n) is 3.03. The number of furan rings is 1. The minimum Gasteiger partial charge on any atom is -0.467 e. The second kappa shape index (κ2) is 8.83. The number of hydrogen-bond acceptors (Lipinski definition) is 5. The SMILES string of the molecule is CN=C(NCCCOCc1ccco1)NCc1ncnn1C. The summed E-state index contributed by atoms with van der Waals surface area (Å²) in [4.78, 5) is 8.30. The van der Waals surface area contributed by atoms with E-state index in [-0.39, 0.29) is 0 Å². The lowest BCUT2D eigenvalue weighted by Gasteiger charge is -2.11. The van der Waals surface area contributed by atoms with Crippen LogP contribution >= 0.6 is 0 Å². The summed E-state index contributed by atoms with van der Waals surface area (Å²) in [6.07, 6.45) is 4.06. The summed E-state index contributed by atoms with van der Waals surface area (Å²) in [7, 11) is 3.59. The zero-order valence-electron chi connectivity index (χ0n) is 13.0. The van der Waals surface area contributed by atoms with Crippen molar-refractivity contribution in [2.45, 2.75) is 19.6 Å². The second-order valence-corrected chi connectivity index (χ2v) is 4.64. The number of aromatic nitrogens is 3. The van der Waals surface area contributed by atoms with Crippen molar-refractivity contribution >= 4 is 5.96 Å². The van der Waals surface area contributed by atoms with Crippen LogP contribution in [-0.4, -0.2) is 40.9 Å². The first kappa shape index (κ1) is 16.0. The summed E-state index contributed by atoms with van der Waals surface area (Å²) in [6.45, 7) is 2.52. The molecule has 0 atom stereocenters. The van der Waals surface area contributed by atoms with Crippen molar-refractivity contribution in [2.75, 3.05) is 20.2 Å². The summed E-state index contributed by atoms with van der Waals surface area (Å²) >= 11 is 0. The lowest BCUT2D eigenvalue weighted by molar-refractivity contribution is 0.105. The van der Waals surface area contributed by atoms with Gasteiger partial charge in [0.15, 0.2) is 5.96 Å². The molecule has 0 amide bonds. The van der Waals surface area contributed by atoms with Crippen molar-refractivity contribution in [1.29, 1.82) is 0 Å². The molecule has 2 rings (SSSR count). The van der Waals surface area contributed by atoms with Crippen molar-refractivity contribution in [2.24, 2.45) is 12.0 Å². The van der Waals surface area contributed by atoms with E-state index < -0.39 is 0 Å². The fraction of sp³-hybridized carbons (Fsp3) is 0.500. The Morgan fingerprint density at radius 1 is 1.45 bits per heavy atom. The lowest BCUT2D eigenvalue weighted by atomic mass is 10.4. The van der Waals surface area contributed by atoms with Gasteiger partial charge >= 0.3 is 0 Å². The van der Waals surface area contributed by atoms with E-state index in [0.717, 1.165) is 30.5 Å². The summed E-state index contributed by atoms with van der Waals surface area (Å²) < 4.78 is 12.4. The number of aryl methyl sites for hydroxylation is 1. The largest absolute Gasteiger partial charge is 0.467 e. The molecule has 0 saturated heterocycles. The van der Waals surface area contributed by atoms with Gasteiger partial charge in [0.25, 0.3) is 0 Å². The number of nitrogens with zero attached hydrogens (tertiary/aromatic N) is 4. The van der Waals surface area contributed by atoms with Gasteiger partial charge in [-0.05, 0) is 18.6 Å². The van der Waals surface area contributed by atoms with Crippen molar-refractivity contribution in [1.82, 2.24) is 25.4 Å². The normalized spacial score (nSPS) is 11.6. The summed E-state index contributed by atoms with van der Waals surface area (Å²) in [5, 5.41) is 10.4. The van der Waals surface area contributed by atoms with Crippen LogP contribution in [0.2, 0.25) is 0 Å². The molecule has 0 radical (unpaired) electrons. The van der Waals surface area contributed by atoms with Gasteiger partial charge in [-0.15, -0.1) is 0 Å². The van der Waals surface area contributed by atoms with E-state index in [9.17, 15) is 0 Å².